The zero-order valence-corrected chi connectivity index (χ0v) is 30.6. The molecular formula is C34H44N8O11. The standard InChI is InChI=1S/C34H44N8O11/c1-20-14-40(31(49)37-28(20)46)18-26(44)39(13-12-35-33(51)53-34(4,5)6)17-25(43)36-24-11-9-8-10-23(24)16-42(22(3)30(48)52-7)27(45)19-41-15-21(2)29(47)38-32(41)50/h8-11,14-15,22H,12-13,16-19H2,1-7H3,(H,35,51)(H,36,43)(H,37,46,49)(H,38,47,50)/t22-/m0/s1. The van der Waals surface area contributed by atoms with E-state index in [4.69, 9.17) is 9.47 Å². The van der Waals surface area contributed by atoms with E-state index in [1.807, 2.05) is 0 Å². The monoisotopic (exact) mass is 740 g/mol. The number of nitrogens with one attached hydrogen (secondary N) is 4. The van der Waals surface area contributed by atoms with Crippen LogP contribution >= 0.6 is 0 Å². The lowest BCUT2D eigenvalue weighted by molar-refractivity contribution is -0.152. The molecule has 4 amide bonds. The lowest BCUT2D eigenvalue weighted by atomic mass is 10.1. The fourth-order valence-corrected chi connectivity index (χ4v) is 4.92. The van der Waals surface area contributed by atoms with Crippen molar-refractivity contribution in [1.29, 1.82) is 0 Å². The summed E-state index contributed by atoms with van der Waals surface area (Å²) in [6.45, 7) is 7.23. The van der Waals surface area contributed by atoms with E-state index in [9.17, 15) is 43.2 Å². The van der Waals surface area contributed by atoms with E-state index < -0.39 is 83.6 Å². The summed E-state index contributed by atoms with van der Waals surface area (Å²) in [6.07, 6.45) is 1.68. The van der Waals surface area contributed by atoms with Crippen molar-refractivity contribution >= 4 is 35.5 Å². The van der Waals surface area contributed by atoms with Gasteiger partial charge in [-0.05, 0) is 53.2 Å². The van der Waals surface area contributed by atoms with E-state index in [1.165, 1.54) is 39.2 Å². The number of aromatic amines is 2. The summed E-state index contributed by atoms with van der Waals surface area (Å²) in [6, 6.07) is 5.23. The Balaban J connectivity index is 1.86. The second-order valence-corrected chi connectivity index (χ2v) is 13.1. The van der Waals surface area contributed by atoms with E-state index in [0.29, 0.717) is 5.56 Å². The van der Waals surface area contributed by atoms with E-state index in [-0.39, 0.29) is 36.4 Å². The Hall–Kier alpha value is -6.27. The highest BCUT2D eigenvalue weighted by atomic mass is 16.6. The molecule has 0 unspecified atom stereocenters. The number of anilines is 1. The van der Waals surface area contributed by atoms with Crippen LogP contribution < -0.4 is 33.1 Å². The van der Waals surface area contributed by atoms with Crippen molar-refractivity contribution in [2.24, 2.45) is 0 Å². The number of carbonyl (C=O) groups excluding carboxylic acids is 5. The first-order chi connectivity index (χ1) is 24.8. The van der Waals surface area contributed by atoms with Crippen LogP contribution in [0.1, 0.15) is 44.4 Å². The summed E-state index contributed by atoms with van der Waals surface area (Å²) < 4.78 is 12.1. The van der Waals surface area contributed by atoms with Crippen LogP contribution in [0.15, 0.2) is 55.8 Å². The molecule has 286 valence electrons. The number of aromatic nitrogens is 4. The number of hydrogen-bond acceptors (Lipinski definition) is 11. The van der Waals surface area contributed by atoms with Gasteiger partial charge in [0.25, 0.3) is 11.1 Å². The lowest BCUT2D eigenvalue weighted by Gasteiger charge is -2.29. The molecule has 0 aliphatic heterocycles. The number of amides is 4. The first kappa shape index (κ1) is 41.2. The van der Waals surface area contributed by atoms with Gasteiger partial charge in [-0.3, -0.25) is 43.1 Å². The van der Waals surface area contributed by atoms with Crippen LogP contribution in [-0.2, 0) is 48.3 Å². The van der Waals surface area contributed by atoms with Crippen molar-refractivity contribution in [3.63, 3.8) is 0 Å². The largest absolute Gasteiger partial charge is 0.467 e. The van der Waals surface area contributed by atoms with Gasteiger partial charge in [0.2, 0.25) is 17.7 Å². The predicted molar refractivity (Wildman–Crippen MR) is 190 cm³/mol. The first-order valence-electron chi connectivity index (χ1n) is 16.4. The van der Waals surface area contributed by atoms with Gasteiger partial charge in [-0.1, -0.05) is 18.2 Å². The molecular weight excluding hydrogens is 696 g/mol. The van der Waals surface area contributed by atoms with Crippen LogP contribution in [0.4, 0.5) is 10.5 Å². The second kappa shape index (κ2) is 17.8. The SMILES string of the molecule is COC(=O)[C@H](C)N(Cc1ccccc1NC(=O)CN(CCNC(=O)OC(C)(C)C)C(=O)Cn1cc(C)c(=O)[nH]c1=O)C(=O)Cn1cc(C)c(=O)[nH]c1=O. The molecule has 0 saturated heterocycles. The third-order valence-corrected chi connectivity index (χ3v) is 7.69. The highest BCUT2D eigenvalue weighted by Crippen LogP contribution is 2.20. The molecule has 3 aromatic rings. The molecule has 0 fully saturated rings. The quantitative estimate of drug-likeness (QED) is 0.155. The molecule has 0 aliphatic rings. The Morgan fingerprint density at radius 1 is 0.868 bits per heavy atom. The van der Waals surface area contributed by atoms with Gasteiger partial charge in [0.05, 0.1) is 13.7 Å². The van der Waals surface area contributed by atoms with Gasteiger partial charge in [-0.25, -0.2) is 19.2 Å². The predicted octanol–water partition coefficient (Wildman–Crippen LogP) is -0.414. The van der Waals surface area contributed by atoms with Crippen molar-refractivity contribution in [1.82, 2.24) is 34.2 Å². The maximum absolute atomic E-state index is 13.6. The number of hydrogen-bond donors (Lipinski definition) is 4. The topological polar surface area (TPSA) is 244 Å². The Morgan fingerprint density at radius 3 is 1.96 bits per heavy atom. The Morgan fingerprint density at radius 2 is 1.42 bits per heavy atom. The number of aryl methyl sites for hydroxylation is 2. The molecule has 0 radical (unpaired) electrons. The number of para-hydroxylation sites is 1. The van der Waals surface area contributed by atoms with Gasteiger partial charge < -0.3 is 29.9 Å². The molecule has 0 spiro atoms. The number of H-pyrrole nitrogens is 2. The van der Waals surface area contributed by atoms with Gasteiger partial charge in [0.1, 0.15) is 24.7 Å². The summed E-state index contributed by atoms with van der Waals surface area (Å²) in [7, 11) is 1.15. The van der Waals surface area contributed by atoms with E-state index in [0.717, 1.165) is 26.0 Å². The molecule has 4 N–H and O–H groups in total. The van der Waals surface area contributed by atoms with Crippen molar-refractivity contribution in [3.8, 4) is 0 Å². The number of rotatable bonds is 14. The Labute approximate surface area is 302 Å². The fraction of sp³-hybridized carbons (Fsp3) is 0.441. The van der Waals surface area contributed by atoms with Crippen LogP contribution in [0.3, 0.4) is 0 Å². The summed E-state index contributed by atoms with van der Waals surface area (Å²) in [5.74, 6) is -2.82. The number of esters is 1. The van der Waals surface area contributed by atoms with Gasteiger partial charge in [0, 0.05) is 48.8 Å². The van der Waals surface area contributed by atoms with Gasteiger partial charge >= 0.3 is 23.4 Å². The summed E-state index contributed by atoms with van der Waals surface area (Å²) in [5.41, 5.74) is -2.71. The Bertz CT molecular complexity index is 2090. The van der Waals surface area contributed by atoms with Crippen molar-refractivity contribution in [3.05, 3.63) is 95.0 Å². The average Bonchev–Trinajstić information content (AvgIpc) is 3.07. The minimum atomic E-state index is -1.14. The molecule has 0 aliphatic carbocycles. The molecule has 3 rings (SSSR count). The highest BCUT2D eigenvalue weighted by molar-refractivity contribution is 5.95. The minimum absolute atomic E-state index is 0.121. The van der Waals surface area contributed by atoms with Crippen LogP contribution in [0.5, 0.6) is 0 Å². The summed E-state index contributed by atoms with van der Waals surface area (Å²) >= 11 is 0. The molecule has 0 bridgehead atoms. The first-order valence-corrected chi connectivity index (χ1v) is 16.4. The molecule has 0 saturated carbocycles. The minimum Gasteiger partial charge on any atom is -0.467 e. The molecule has 53 heavy (non-hydrogen) atoms. The maximum atomic E-state index is 13.6. The second-order valence-electron chi connectivity index (χ2n) is 13.1. The molecule has 2 heterocycles. The molecule has 1 atom stereocenters. The molecule has 19 heteroatoms. The highest BCUT2D eigenvalue weighted by Gasteiger charge is 2.28. The number of nitrogens with zero attached hydrogens (tertiary/aromatic N) is 4. The maximum Gasteiger partial charge on any atom is 0.407 e. The van der Waals surface area contributed by atoms with Crippen LogP contribution in [0, 0.1) is 13.8 Å². The summed E-state index contributed by atoms with van der Waals surface area (Å²) in [4.78, 5) is 120. The zero-order chi connectivity index (χ0) is 39.6. The number of methoxy groups -OCH3 is 1. The van der Waals surface area contributed by atoms with E-state index in [2.05, 4.69) is 20.6 Å². The van der Waals surface area contributed by atoms with Crippen molar-refractivity contribution < 1.29 is 33.4 Å². The van der Waals surface area contributed by atoms with Crippen LogP contribution in [0.25, 0.3) is 0 Å². The third-order valence-electron chi connectivity index (χ3n) is 7.69. The smallest absolute Gasteiger partial charge is 0.407 e. The van der Waals surface area contributed by atoms with Crippen molar-refractivity contribution in [2.45, 2.75) is 72.8 Å². The fourth-order valence-electron chi connectivity index (χ4n) is 4.92. The molecule has 2 aromatic heterocycles. The van der Waals surface area contributed by atoms with Crippen molar-refractivity contribution in [2.75, 3.05) is 32.1 Å². The van der Waals surface area contributed by atoms with Gasteiger partial charge in [-0.2, -0.15) is 0 Å². The number of benzene rings is 1. The van der Waals surface area contributed by atoms with Gasteiger partial charge in [-0.15, -0.1) is 0 Å². The van der Waals surface area contributed by atoms with Crippen LogP contribution in [-0.4, -0.2) is 97.1 Å². The number of carbonyl (C=O) groups is 5. The van der Waals surface area contributed by atoms with Gasteiger partial charge in [0.15, 0.2) is 0 Å². The molecule has 19 nitrogen and oxygen atoms in total. The third kappa shape index (κ3) is 11.9. The number of alkyl carbamates (subject to hydrolysis) is 1. The number of ether oxygens (including phenoxy) is 2. The molecule has 1 aromatic carbocycles. The summed E-state index contributed by atoms with van der Waals surface area (Å²) in [5, 5.41) is 5.22. The lowest BCUT2D eigenvalue weighted by Crippen LogP contribution is -2.46. The van der Waals surface area contributed by atoms with E-state index in [1.54, 1.807) is 39.0 Å². The normalized spacial score (nSPS) is 11.6. The van der Waals surface area contributed by atoms with Crippen LogP contribution in [0.2, 0.25) is 0 Å². The average molecular weight is 741 g/mol. The Kier molecular flexibility index (Phi) is 13.8. The zero-order valence-electron chi connectivity index (χ0n) is 30.6. The van der Waals surface area contributed by atoms with E-state index >= 15 is 0 Å².